The van der Waals surface area contributed by atoms with E-state index in [0.717, 1.165) is 20.3 Å². The number of amides is 2. The minimum atomic E-state index is -4.23. The zero-order chi connectivity index (χ0) is 33.3. The summed E-state index contributed by atoms with van der Waals surface area (Å²) in [6.45, 7) is 5.35. The standard InChI is InChI=1S/C36H40FN3O4S2/c1-26(2)23-38-36(42)34(22-28-10-6-5-7-11-28)39(24-29-12-8-9-13-33(29)37)35(41)25-40(30-16-14-27(3)15-17-30)46(43,44)32-20-18-31(45-4)19-21-32/h5-21,26,34H,22-25H2,1-4H3,(H,38,42). The number of hydrogen-bond acceptors (Lipinski definition) is 5. The van der Waals surface area contributed by atoms with E-state index in [1.807, 2.05) is 57.4 Å². The highest BCUT2D eigenvalue weighted by molar-refractivity contribution is 7.98. The van der Waals surface area contributed by atoms with Crippen LogP contribution in [0.3, 0.4) is 0 Å². The number of nitrogens with zero attached hydrogens (tertiary/aromatic N) is 2. The van der Waals surface area contributed by atoms with Crippen LogP contribution in [0.1, 0.15) is 30.5 Å². The molecular formula is C36H40FN3O4S2. The molecule has 7 nitrogen and oxygen atoms in total. The third-order valence-corrected chi connectivity index (χ3v) is 10.0. The number of aryl methyl sites for hydroxylation is 1. The Labute approximate surface area is 275 Å². The van der Waals surface area contributed by atoms with Crippen LogP contribution in [-0.2, 0) is 32.6 Å². The molecule has 46 heavy (non-hydrogen) atoms. The Morgan fingerprint density at radius 1 is 0.870 bits per heavy atom. The molecule has 10 heteroatoms. The van der Waals surface area contributed by atoms with Gasteiger partial charge in [0.25, 0.3) is 10.0 Å². The van der Waals surface area contributed by atoms with Gasteiger partial charge in [-0.1, -0.05) is 80.1 Å². The van der Waals surface area contributed by atoms with Gasteiger partial charge in [-0.15, -0.1) is 11.8 Å². The lowest BCUT2D eigenvalue weighted by Crippen LogP contribution is -2.53. The number of thioether (sulfide) groups is 1. The molecule has 242 valence electrons. The van der Waals surface area contributed by atoms with Crippen LogP contribution in [-0.4, -0.2) is 50.5 Å². The Bertz CT molecular complexity index is 1710. The van der Waals surface area contributed by atoms with Gasteiger partial charge in [0.05, 0.1) is 10.6 Å². The van der Waals surface area contributed by atoms with Crippen LogP contribution < -0.4 is 9.62 Å². The Morgan fingerprint density at radius 3 is 2.11 bits per heavy atom. The molecule has 0 saturated heterocycles. The number of carbonyl (C=O) groups is 2. The van der Waals surface area contributed by atoms with Crippen molar-refractivity contribution in [2.45, 2.75) is 49.6 Å². The average molecular weight is 662 g/mol. The van der Waals surface area contributed by atoms with Gasteiger partial charge in [0.1, 0.15) is 18.4 Å². The van der Waals surface area contributed by atoms with Crippen LogP contribution >= 0.6 is 11.8 Å². The first-order valence-corrected chi connectivity index (χ1v) is 17.7. The van der Waals surface area contributed by atoms with E-state index in [2.05, 4.69) is 5.32 Å². The summed E-state index contributed by atoms with van der Waals surface area (Å²) in [5, 5.41) is 2.94. The maximum absolute atomic E-state index is 15.0. The zero-order valence-corrected chi connectivity index (χ0v) is 28.2. The maximum Gasteiger partial charge on any atom is 0.264 e. The summed E-state index contributed by atoms with van der Waals surface area (Å²) < 4.78 is 44.4. The van der Waals surface area contributed by atoms with Crippen molar-refractivity contribution < 1.29 is 22.4 Å². The largest absolute Gasteiger partial charge is 0.354 e. The summed E-state index contributed by atoms with van der Waals surface area (Å²) in [7, 11) is -4.23. The highest BCUT2D eigenvalue weighted by atomic mass is 32.2. The van der Waals surface area contributed by atoms with Gasteiger partial charge in [0, 0.05) is 30.0 Å². The summed E-state index contributed by atoms with van der Waals surface area (Å²) in [5.41, 5.74) is 2.23. The highest BCUT2D eigenvalue weighted by Gasteiger charge is 2.35. The van der Waals surface area contributed by atoms with Crippen LogP contribution in [0.4, 0.5) is 10.1 Å². The summed E-state index contributed by atoms with van der Waals surface area (Å²) in [6.07, 6.45) is 2.05. The van der Waals surface area contributed by atoms with Crippen molar-refractivity contribution in [2.75, 3.05) is 23.7 Å². The van der Waals surface area contributed by atoms with E-state index in [-0.39, 0.29) is 29.3 Å². The fourth-order valence-electron chi connectivity index (χ4n) is 4.90. The van der Waals surface area contributed by atoms with E-state index in [9.17, 15) is 18.0 Å². The van der Waals surface area contributed by atoms with Crippen molar-refractivity contribution in [1.29, 1.82) is 0 Å². The molecule has 0 aliphatic heterocycles. The highest BCUT2D eigenvalue weighted by Crippen LogP contribution is 2.27. The molecule has 0 spiro atoms. The van der Waals surface area contributed by atoms with E-state index in [1.54, 1.807) is 54.6 Å². The minimum absolute atomic E-state index is 0.0230. The summed E-state index contributed by atoms with van der Waals surface area (Å²) in [6, 6.07) is 27.6. The number of benzene rings is 4. The Balaban J connectivity index is 1.80. The van der Waals surface area contributed by atoms with Crippen molar-refractivity contribution in [1.82, 2.24) is 10.2 Å². The molecule has 0 radical (unpaired) electrons. The first kappa shape index (κ1) is 34.7. The van der Waals surface area contributed by atoms with Crippen molar-refractivity contribution in [3.8, 4) is 0 Å². The van der Waals surface area contributed by atoms with E-state index in [0.29, 0.717) is 12.2 Å². The lowest BCUT2D eigenvalue weighted by atomic mass is 10.0. The van der Waals surface area contributed by atoms with Crippen LogP contribution in [0.5, 0.6) is 0 Å². The van der Waals surface area contributed by atoms with Crippen molar-refractivity contribution in [2.24, 2.45) is 5.92 Å². The molecular weight excluding hydrogens is 622 g/mol. The number of hydrogen-bond donors (Lipinski definition) is 1. The maximum atomic E-state index is 15.0. The van der Waals surface area contributed by atoms with Crippen LogP contribution in [0.2, 0.25) is 0 Å². The van der Waals surface area contributed by atoms with Gasteiger partial charge in [-0.05, 0) is 67.1 Å². The van der Waals surface area contributed by atoms with Crippen LogP contribution in [0.25, 0.3) is 0 Å². The normalized spacial score (nSPS) is 12.0. The molecule has 0 aromatic heterocycles. The summed E-state index contributed by atoms with van der Waals surface area (Å²) in [4.78, 5) is 30.5. The fourth-order valence-corrected chi connectivity index (χ4v) is 6.72. The van der Waals surface area contributed by atoms with Gasteiger partial charge in [-0.2, -0.15) is 0 Å². The fraction of sp³-hybridized carbons (Fsp3) is 0.278. The molecule has 0 aliphatic carbocycles. The van der Waals surface area contributed by atoms with Gasteiger partial charge >= 0.3 is 0 Å². The molecule has 4 aromatic rings. The number of anilines is 1. The topological polar surface area (TPSA) is 86.8 Å². The SMILES string of the molecule is CSc1ccc(S(=O)(=O)N(CC(=O)N(Cc2ccccc2F)C(Cc2ccccc2)C(=O)NCC(C)C)c2ccc(C)cc2)cc1. The van der Waals surface area contributed by atoms with Crippen LogP contribution in [0, 0.1) is 18.7 Å². The second-order valence-electron chi connectivity index (χ2n) is 11.5. The number of carbonyl (C=O) groups excluding carboxylic acids is 2. The average Bonchev–Trinajstić information content (AvgIpc) is 3.05. The third-order valence-electron chi connectivity index (χ3n) is 7.50. The van der Waals surface area contributed by atoms with E-state index in [4.69, 9.17) is 0 Å². The zero-order valence-electron chi connectivity index (χ0n) is 26.5. The van der Waals surface area contributed by atoms with E-state index in [1.165, 1.54) is 34.9 Å². The van der Waals surface area contributed by atoms with Gasteiger partial charge in [0.2, 0.25) is 11.8 Å². The summed E-state index contributed by atoms with van der Waals surface area (Å²) >= 11 is 1.49. The number of nitrogens with one attached hydrogen (secondary N) is 1. The van der Waals surface area contributed by atoms with Gasteiger partial charge in [0.15, 0.2) is 0 Å². The smallest absolute Gasteiger partial charge is 0.264 e. The number of sulfonamides is 1. The lowest BCUT2D eigenvalue weighted by molar-refractivity contribution is -0.140. The monoisotopic (exact) mass is 661 g/mol. The molecule has 1 unspecified atom stereocenters. The van der Waals surface area contributed by atoms with Gasteiger partial charge in [-0.3, -0.25) is 13.9 Å². The summed E-state index contributed by atoms with van der Waals surface area (Å²) in [5.74, 6) is -1.43. The molecule has 1 N–H and O–H groups in total. The Kier molecular flexibility index (Phi) is 12.0. The lowest BCUT2D eigenvalue weighted by Gasteiger charge is -2.34. The van der Waals surface area contributed by atoms with Crippen molar-refractivity contribution in [3.63, 3.8) is 0 Å². The predicted octanol–water partition coefficient (Wildman–Crippen LogP) is 6.46. The Hall–Kier alpha value is -4.15. The molecule has 0 heterocycles. The van der Waals surface area contributed by atoms with Crippen molar-refractivity contribution in [3.05, 3.63) is 126 Å². The first-order valence-electron chi connectivity index (χ1n) is 15.1. The molecule has 2 amide bonds. The molecule has 4 aromatic carbocycles. The molecule has 4 rings (SSSR count). The minimum Gasteiger partial charge on any atom is -0.354 e. The van der Waals surface area contributed by atoms with E-state index < -0.39 is 40.2 Å². The Morgan fingerprint density at radius 2 is 1.50 bits per heavy atom. The van der Waals surface area contributed by atoms with Crippen molar-refractivity contribution >= 4 is 39.3 Å². The second-order valence-corrected chi connectivity index (χ2v) is 14.2. The molecule has 0 fully saturated rings. The number of halogens is 1. The molecule has 0 saturated carbocycles. The predicted molar refractivity (Wildman–Crippen MR) is 183 cm³/mol. The molecule has 0 bridgehead atoms. The second kappa shape index (κ2) is 15.9. The van der Waals surface area contributed by atoms with Gasteiger partial charge < -0.3 is 10.2 Å². The first-order chi connectivity index (χ1) is 22.0. The van der Waals surface area contributed by atoms with Gasteiger partial charge in [-0.25, -0.2) is 12.8 Å². The quantitative estimate of drug-likeness (QED) is 0.157. The molecule has 1 atom stereocenters. The molecule has 0 aliphatic rings. The van der Waals surface area contributed by atoms with E-state index >= 15 is 4.39 Å². The number of rotatable bonds is 14. The van der Waals surface area contributed by atoms with Crippen LogP contribution in [0.15, 0.2) is 113 Å². The third kappa shape index (κ3) is 8.98.